The maximum atomic E-state index is 12.6. The lowest BCUT2D eigenvalue weighted by molar-refractivity contribution is -0.155. The van der Waals surface area contributed by atoms with Crippen molar-refractivity contribution in [2.45, 2.75) is 49.5 Å². The Labute approximate surface area is 153 Å². The number of carbonyl (C=O) groups excluding carboxylic acids is 1. The molecule has 142 valence electrons. The number of piperidine rings is 1. The molecule has 1 aromatic carbocycles. The fourth-order valence-corrected chi connectivity index (χ4v) is 5.31. The predicted octanol–water partition coefficient (Wildman–Crippen LogP) is 1.60. The number of hydrogen-bond donors (Lipinski definition) is 2. The molecule has 2 aliphatic rings. The molecular weight excluding hydrogens is 356 g/mol. The van der Waals surface area contributed by atoms with Crippen molar-refractivity contribution in [1.29, 1.82) is 0 Å². The van der Waals surface area contributed by atoms with Gasteiger partial charge >= 0.3 is 5.97 Å². The number of benzene rings is 1. The van der Waals surface area contributed by atoms with Gasteiger partial charge in [-0.3, -0.25) is 9.59 Å². The number of carboxylic acids is 1. The number of nitrogens with one attached hydrogen (secondary N) is 1. The van der Waals surface area contributed by atoms with Gasteiger partial charge in [0, 0.05) is 19.1 Å². The smallest absolute Gasteiger partial charge is 0.319 e. The fourth-order valence-electron chi connectivity index (χ4n) is 3.82. The lowest BCUT2D eigenvalue weighted by Gasteiger charge is -2.33. The molecule has 3 rings (SSSR count). The average Bonchev–Trinajstić information content (AvgIpc) is 3.14. The van der Waals surface area contributed by atoms with Gasteiger partial charge in [0.15, 0.2) is 0 Å². The maximum Gasteiger partial charge on any atom is 0.319 e. The van der Waals surface area contributed by atoms with Gasteiger partial charge in [-0.15, -0.1) is 0 Å². The molecule has 0 bridgehead atoms. The van der Waals surface area contributed by atoms with Crippen molar-refractivity contribution in [3.63, 3.8) is 0 Å². The van der Waals surface area contributed by atoms with E-state index in [2.05, 4.69) is 5.32 Å². The minimum atomic E-state index is -3.53. The first-order valence-electron chi connectivity index (χ1n) is 8.96. The number of rotatable bonds is 5. The Hall–Kier alpha value is -1.93. The monoisotopic (exact) mass is 380 g/mol. The van der Waals surface area contributed by atoms with E-state index in [-0.39, 0.29) is 10.9 Å². The zero-order valence-corrected chi connectivity index (χ0v) is 15.4. The third kappa shape index (κ3) is 3.48. The van der Waals surface area contributed by atoms with Crippen molar-refractivity contribution in [1.82, 2.24) is 9.62 Å². The van der Waals surface area contributed by atoms with Crippen molar-refractivity contribution in [2.24, 2.45) is 5.41 Å². The summed E-state index contributed by atoms with van der Waals surface area (Å²) in [7, 11) is -3.53. The van der Waals surface area contributed by atoms with Crippen LogP contribution in [-0.4, -0.2) is 48.8 Å². The third-order valence-electron chi connectivity index (χ3n) is 5.47. The van der Waals surface area contributed by atoms with Gasteiger partial charge in [-0.1, -0.05) is 31.0 Å². The van der Waals surface area contributed by atoms with Crippen LogP contribution in [0.1, 0.15) is 38.5 Å². The number of aliphatic carboxylic acids is 1. The molecule has 2 N–H and O–H groups in total. The van der Waals surface area contributed by atoms with E-state index in [1.807, 2.05) is 0 Å². The van der Waals surface area contributed by atoms with Gasteiger partial charge < -0.3 is 10.4 Å². The van der Waals surface area contributed by atoms with Gasteiger partial charge in [-0.05, 0) is 37.8 Å². The third-order valence-corrected chi connectivity index (χ3v) is 7.38. The lowest BCUT2D eigenvalue weighted by Crippen LogP contribution is -2.52. The lowest BCUT2D eigenvalue weighted by atomic mass is 9.84. The van der Waals surface area contributed by atoms with E-state index in [0.717, 1.165) is 12.8 Å². The van der Waals surface area contributed by atoms with E-state index in [1.165, 1.54) is 4.31 Å². The molecule has 8 heteroatoms. The van der Waals surface area contributed by atoms with Crippen molar-refractivity contribution < 1.29 is 23.1 Å². The first kappa shape index (κ1) is 18.8. The van der Waals surface area contributed by atoms with Crippen LogP contribution in [0.15, 0.2) is 35.2 Å². The maximum absolute atomic E-state index is 12.6. The molecule has 1 heterocycles. The largest absolute Gasteiger partial charge is 0.480 e. The minimum Gasteiger partial charge on any atom is -0.480 e. The Morgan fingerprint density at radius 3 is 2.19 bits per heavy atom. The summed E-state index contributed by atoms with van der Waals surface area (Å²) in [5.41, 5.74) is -1.31. The molecule has 0 unspecified atom stereocenters. The second kappa shape index (κ2) is 7.36. The molecule has 0 atom stereocenters. The van der Waals surface area contributed by atoms with Crippen molar-refractivity contribution in [3.8, 4) is 0 Å². The molecule has 0 spiro atoms. The first-order valence-corrected chi connectivity index (χ1v) is 10.4. The summed E-state index contributed by atoms with van der Waals surface area (Å²) in [5, 5.41) is 12.3. The number of carboxylic acid groups (broad SMARTS) is 1. The van der Waals surface area contributed by atoms with Crippen molar-refractivity contribution in [3.05, 3.63) is 30.3 Å². The van der Waals surface area contributed by atoms with Crippen LogP contribution in [0.25, 0.3) is 0 Å². The average molecular weight is 380 g/mol. The number of sulfonamides is 1. The topological polar surface area (TPSA) is 104 Å². The molecule has 1 saturated heterocycles. The highest BCUT2D eigenvalue weighted by Gasteiger charge is 2.48. The molecule has 1 aliphatic heterocycles. The second-order valence-corrected chi connectivity index (χ2v) is 9.00. The van der Waals surface area contributed by atoms with Gasteiger partial charge in [-0.2, -0.15) is 4.31 Å². The van der Waals surface area contributed by atoms with Gasteiger partial charge in [-0.25, -0.2) is 8.42 Å². The summed E-state index contributed by atoms with van der Waals surface area (Å²) in [6.45, 7) is 0.616. The van der Waals surface area contributed by atoms with Gasteiger partial charge in [0.2, 0.25) is 15.9 Å². The minimum absolute atomic E-state index is 0.193. The Morgan fingerprint density at radius 1 is 1.08 bits per heavy atom. The predicted molar refractivity (Wildman–Crippen MR) is 94.9 cm³/mol. The normalized spacial score (nSPS) is 21.4. The van der Waals surface area contributed by atoms with Crippen molar-refractivity contribution >= 4 is 21.9 Å². The summed E-state index contributed by atoms with van der Waals surface area (Å²) >= 11 is 0. The zero-order valence-electron chi connectivity index (χ0n) is 14.6. The van der Waals surface area contributed by atoms with Crippen LogP contribution in [0.5, 0.6) is 0 Å². The van der Waals surface area contributed by atoms with Crippen LogP contribution in [0.2, 0.25) is 0 Å². The number of amides is 1. The first-order chi connectivity index (χ1) is 12.4. The summed E-state index contributed by atoms with van der Waals surface area (Å²) < 4.78 is 26.7. The summed E-state index contributed by atoms with van der Waals surface area (Å²) in [6.07, 6.45) is 3.19. The van der Waals surface area contributed by atoms with Gasteiger partial charge in [0.25, 0.3) is 0 Å². The Bertz CT molecular complexity index is 764. The highest BCUT2D eigenvalue weighted by atomic mass is 32.2. The Morgan fingerprint density at radius 2 is 1.65 bits per heavy atom. The van der Waals surface area contributed by atoms with Crippen LogP contribution in [0.4, 0.5) is 0 Å². The summed E-state index contributed by atoms with van der Waals surface area (Å²) in [4.78, 5) is 24.4. The number of hydrogen-bond acceptors (Lipinski definition) is 4. The summed E-state index contributed by atoms with van der Waals surface area (Å²) in [6, 6.07) is 8.09. The van der Waals surface area contributed by atoms with Crippen LogP contribution in [0.3, 0.4) is 0 Å². The molecule has 1 aliphatic carbocycles. The van der Waals surface area contributed by atoms with E-state index < -0.39 is 27.3 Å². The molecule has 1 aromatic rings. The molecule has 1 saturated carbocycles. The van der Waals surface area contributed by atoms with E-state index in [9.17, 15) is 23.1 Å². The molecule has 26 heavy (non-hydrogen) atoms. The fraction of sp³-hybridized carbons (Fsp3) is 0.556. The quantitative estimate of drug-likeness (QED) is 0.755. The van der Waals surface area contributed by atoms with E-state index in [4.69, 9.17) is 0 Å². The molecule has 1 amide bonds. The Balaban J connectivity index is 1.61. The second-order valence-electron chi connectivity index (χ2n) is 7.06. The number of carbonyl (C=O) groups is 2. The molecule has 2 fully saturated rings. The van der Waals surface area contributed by atoms with Crippen LogP contribution in [0, 0.1) is 5.41 Å². The molecule has 0 aromatic heterocycles. The van der Waals surface area contributed by atoms with Gasteiger partial charge in [0.1, 0.15) is 5.41 Å². The van der Waals surface area contributed by atoms with E-state index >= 15 is 0 Å². The molecular formula is C18H24N2O5S. The number of nitrogens with zero attached hydrogens (tertiary/aromatic N) is 1. The molecule has 0 radical (unpaired) electrons. The zero-order chi connectivity index (χ0) is 18.8. The standard InChI is InChI=1S/C18H24N2O5S/c21-16(18(17(22)23)10-4-5-11-18)19-14-8-12-20(13-9-14)26(24,25)15-6-2-1-3-7-15/h1-3,6-7,14H,4-5,8-13H2,(H,19,21)(H,22,23). The molecule has 7 nitrogen and oxygen atoms in total. The van der Waals surface area contributed by atoms with Crippen LogP contribution >= 0.6 is 0 Å². The summed E-state index contributed by atoms with van der Waals surface area (Å²) in [5.74, 6) is -1.48. The van der Waals surface area contributed by atoms with Crippen molar-refractivity contribution in [2.75, 3.05) is 13.1 Å². The SMILES string of the molecule is O=C(O)C1(C(=O)NC2CCN(S(=O)(=O)c3ccccc3)CC2)CCCC1. The van der Waals surface area contributed by atoms with Gasteiger partial charge in [0.05, 0.1) is 4.90 Å². The highest BCUT2D eigenvalue weighted by molar-refractivity contribution is 7.89. The van der Waals surface area contributed by atoms with Crippen LogP contribution < -0.4 is 5.32 Å². The van der Waals surface area contributed by atoms with E-state index in [0.29, 0.717) is 38.8 Å². The van der Waals surface area contributed by atoms with E-state index in [1.54, 1.807) is 30.3 Å². The Kier molecular flexibility index (Phi) is 5.34. The highest BCUT2D eigenvalue weighted by Crippen LogP contribution is 2.39. The van der Waals surface area contributed by atoms with Crippen LogP contribution in [-0.2, 0) is 19.6 Å².